The molecule has 0 amide bonds. The summed E-state index contributed by atoms with van der Waals surface area (Å²) in [4.78, 5) is 0. The van der Waals surface area contributed by atoms with E-state index in [0.29, 0.717) is 16.5 Å². The molecule has 3 heteroatoms. The van der Waals surface area contributed by atoms with Crippen LogP contribution in [-0.2, 0) is 0 Å². The first-order valence-electron chi connectivity index (χ1n) is 6.35. The van der Waals surface area contributed by atoms with E-state index < -0.39 is 11.9 Å². The van der Waals surface area contributed by atoms with Gasteiger partial charge in [0.05, 0.1) is 6.10 Å². The van der Waals surface area contributed by atoms with E-state index in [2.05, 4.69) is 12.1 Å². The predicted molar refractivity (Wildman–Crippen MR) is 73.7 cm³/mol. The SMILES string of the molecule is OC(c1ccc(Cl)cc1F)C1CC1c1ccccc1. The summed E-state index contributed by atoms with van der Waals surface area (Å²) >= 11 is 5.72. The molecule has 1 saturated carbocycles. The molecule has 1 nitrogen and oxygen atoms in total. The lowest BCUT2D eigenvalue weighted by molar-refractivity contribution is 0.147. The van der Waals surface area contributed by atoms with Crippen molar-refractivity contribution in [2.24, 2.45) is 5.92 Å². The average molecular weight is 277 g/mol. The minimum absolute atomic E-state index is 0.0954. The molecule has 3 rings (SSSR count). The lowest BCUT2D eigenvalue weighted by atomic mass is 10.0. The third kappa shape index (κ3) is 2.51. The van der Waals surface area contributed by atoms with E-state index in [9.17, 15) is 9.50 Å². The molecule has 1 aliphatic rings. The van der Waals surface area contributed by atoms with Crippen LogP contribution in [-0.4, -0.2) is 5.11 Å². The molecule has 1 N–H and O–H groups in total. The van der Waals surface area contributed by atoms with Gasteiger partial charge in [-0.15, -0.1) is 0 Å². The predicted octanol–water partition coefficient (Wildman–Crippen LogP) is 4.32. The van der Waals surface area contributed by atoms with Crippen LogP contribution in [0.15, 0.2) is 48.5 Å². The maximum atomic E-state index is 13.8. The maximum Gasteiger partial charge on any atom is 0.130 e. The number of hydrogen-bond acceptors (Lipinski definition) is 1. The Bertz CT molecular complexity index is 585. The van der Waals surface area contributed by atoms with Crippen molar-refractivity contribution in [3.63, 3.8) is 0 Å². The summed E-state index contributed by atoms with van der Waals surface area (Å²) in [7, 11) is 0. The third-order valence-electron chi connectivity index (χ3n) is 3.75. The topological polar surface area (TPSA) is 20.2 Å². The molecule has 0 heterocycles. The van der Waals surface area contributed by atoms with Gasteiger partial charge in [0.2, 0.25) is 0 Å². The van der Waals surface area contributed by atoms with Crippen LogP contribution in [0.25, 0.3) is 0 Å². The highest BCUT2D eigenvalue weighted by atomic mass is 35.5. The van der Waals surface area contributed by atoms with Gasteiger partial charge >= 0.3 is 0 Å². The van der Waals surface area contributed by atoms with Gasteiger partial charge in [0.15, 0.2) is 0 Å². The second-order valence-corrected chi connectivity index (χ2v) is 5.46. The third-order valence-corrected chi connectivity index (χ3v) is 3.99. The monoisotopic (exact) mass is 276 g/mol. The molecule has 3 unspecified atom stereocenters. The van der Waals surface area contributed by atoms with Crippen LogP contribution >= 0.6 is 11.6 Å². The number of benzene rings is 2. The standard InChI is InChI=1S/C16H14ClFO/c17-11-6-7-12(15(18)8-11)16(19)14-9-13(14)10-4-2-1-3-5-10/h1-8,13-14,16,19H,9H2. The molecule has 0 bridgehead atoms. The van der Waals surface area contributed by atoms with Gasteiger partial charge in [0.1, 0.15) is 5.82 Å². The zero-order chi connectivity index (χ0) is 13.4. The Morgan fingerprint density at radius 2 is 1.89 bits per heavy atom. The van der Waals surface area contributed by atoms with Gasteiger partial charge in [0.25, 0.3) is 0 Å². The normalized spacial score (nSPS) is 23.1. The summed E-state index contributed by atoms with van der Waals surface area (Å²) in [6, 6.07) is 14.5. The lowest BCUT2D eigenvalue weighted by Crippen LogP contribution is -2.04. The van der Waals surface area contributed by atoms with Crippen molar-refractivity contribution >= 4 is 11.6 Å². The van der Waals surface area contributed by atoms with E-state index >= 15 is 0 Å². The van der Waals surface area contributed by atoms with E-state index in [1.807, 2.05) is 18.2 Å². The molecular weight excluding hydrogens is 263 g/mol. The van der Waals surface area contributed by atoms with E-state index in [1.54, 1.807) is 12.1 Å². The highest BCUT2D eigenvalue weighted by molar-refractivity contribution is 6.30. The first-order chi connectivity index (χ1) is 9.16. The van der Waals surface area contributed by atoms with Gasteiger partial charge in [-0.3, -0.25) is 0 Å². The second kappa shape index (κ2) is 4.95. The Labute approximate surface area is 116 Å². The van der Waals surface area contributed by atoms with Crippen LogP contribution in [0.5, 0.6) is 0 Å². The van der Waals surface area contributed by atoms with Crippen LogP contribution < -0.4 is 0 Å². The summed E-state index contributed by atoms with van der Waals surface area (Å²) in [5.41, 5.74) is 1.55. The van der Waals surface area contributed by atoms with Crippen molar-refractivity contribution in [2.75, 3.05) is 0 Å². The molecule has 19 heavy (non-hydrogen) atoms. The number of hydrogen-bond donors (Lipinski definition) is 1. The van der Waals surface area contributed by atoms with Crippen LogP contribution in [0.2, 0.25) is 5.02 Å². The summed E-state index contributed by atoms with van der Waals surface area (Å²) in [5.74, 6) is -0.0111. The Hall–Kier alpha value is -1.38. The zero-order valence-corrected chi connectivity index (χ0v) is 11.0. The van der Waals surface area contributed by atoms with Crippen molar-refractivity contribution in [3.8, 4) is 0 Å². The Morgan fingerprint density at radius 3 is 2.58 bits per heavy atom. The molecule has 2 aromatic carbocycles. The number of rotatable bonds is 3. The molecule has 0 aliphatic heterocycles. The number of aliphatic hydroxyl groups excluding tert-OH is 1. The minimum Gasteiger partial charge on any atom is -0.388 e. The van der Waals surface area contributed by atoms with Crippen LogP contribution in [0.1, 0.15) is 29.6 Å². The molecule has 2 aromatic rings. The second-order valence-electron chi connectivity index (χ2n) is 5.03. The molecule has 0 radical (unpaired) electrons. The first kappa shape index (κ1) is 12.6. The zero-order valence-electron chi connectivity index (χ0n) is 10.3. The highest BCUT2D eigenvalue weighted by Gasteiger charge is 2.44. The fourth-order valence-corrected chi connectivity index (χ4v) is 2.78. The number of halogens is 2. The molecule has 1 aliphatic carbocycles. The van der Waals surface area contributed by atoms with Crippen LogP contribution in [0.4, 0.5) is 4.39 Å². The summed E-state index contributed by atoms with van der Waals surface area (Å²) in [6.45, 7) is 0. The van der Waals surface area contributed by atoms with Gasteiger partial charge < -0.3 is 5.11 Å². The van der Waals surface area contributed by atoms with Crippen molar-refractivity contribution in [3.05, 3.63) is 70.5 Å². The maximum absolute atomic E-state index is 13.8. The van der Waals surface area contributed by atoms with Gasteiger partial charge in [-0.05, 0) is 36.0 Å². The molecule has 0 aromatic heterocycles. The van der Waals surface area contributed by atoms with Gasteiger partial charge in [-0.2, -0.15) is 0 Å². The van der Waals surface area contributed by atoms with Gasteiger partial charge in [-0.25, -0.2) is 4.39 Å². The van der Waals surface area contributed by atoms with E-state index in [1.165, 1.54) is 11.6 Å². The Morgan fingerprint density at radius 1 is 1.16 bits per heavy atom. The Balaban J connectivity index is 1.78. The molecule has 1 fully saturated rings. The van der Waals surface area contributed by atoms with E-state index in [4.69, 9.17) is 11.6 Å². The van der Waals surface area contributed by atoms with Crippen molar-refractivity contribution in [1.82, 2.24) is 0 Å². The molecular formula is C16H14ClFO. The fraction of sp³-hybridized carbons (Fsp3) is 0.250. The van der Waals surface area contributed by atoms with Crippen molar-refractivity contribution < 1.29 is 9.50 Å². The van der Waals surface area contributed by atoms with Gasteiger partial charge in [0, 0.05) is 10.6 Å². The quantitative estimate of drug-likeness (QED) is 0.885. The summed E-state index contributed by atoms with van der Waals surface area (Å²) in [6.07, 6.45) is 0.134. The van der Waals surface area contributed by atoms with E-state index in [-0.39, 0.29) is 5.92 Å². The van der Waals surface area contributed by atoms with Crippen LogP contribution in [0.3, 0.4) is 0 Å². The van der Waals surface area contributed by atoms with E-state index in [0.717, 1.165) is 6.42 Å². The molecule has 0 saturated heterocycles. The molecule has 98 valence electrons. The largest absolute Gasteiger partial charge is 0.388 e. The smallest absolute Gasteiger partial charge is 0.130 e. The average Bonchev–Trinajstić information content (AvgIpc) is 3.19. The lowest BCUT2D eigenvalue weighted by Gasteiger charge is -2.12. The minimum atomic E-state index is -0.762. The number of aliphatic hydroxyl groups is 1. The highest BCUT2D eigenvalue weighted by Crippen LogP contribution is 2.54. The van der Waals surface area contributed by atoms with Crippen molar-refractivity contribution in [1.29, 1.82) is 0 Å². The summed E-state index contributed by atoms with van der Waals surface area (Å²) < 4.78 is 13.8. The fourth-order valence-electron chi connectivity index (χ4n) is 2.62. The molecule has 3 atom stereocenters. The van der Waals surface area contributed by atoms with Gasteiger partial charge in [-0.1, -0.05) is 48.0 Å². The first-order valence-corrected chi connectivity index (χ1v) is 6.72. The molecule has 0 spiro atoms. The summed E-state index contributed by atoms with van der Waals surface area (Å²) in [5, 5.41) is 10.6. The Kier molecular flexibility index (Phi) is 3.29. The van der Waals surface area contributed by atoms with Crippen molar-refractivity contribution in [2.45, 2.75) is 18.4 Å². The van der Waals surface area contributed by atoms with Crippen LogP contribution in [0, 0.1) is 11.7 Å².